The Morgan fingerprint density at radius 1 is 1.17 bits per heavy atom. The average molecular weight is 192 g/mol. The Hall–Kier alpha value is -0.470. The number of hydrogen-bond acceptors (Lipinski definition) is 2. The summed E-state index contributed by atoms with van der Waals surface area (Å²) in [4.78, 5) is 3.15. The molecule has 0 saturated carbocycles. The normalized spacial score (nSPS) is 15.3. The highest BCUT2D eigenvalue weighted by Crippen LogP contribution is 2.43. The highest BCUT2D eigenvalue weighted by atomic mass is 32.2. The van der Waals surface area contributed by atoms with Crippen molar-refractivity contribution in [3.63, 3.8) is 0 Å². The number of fused-ring (bicyclic) bond motifs is 3. The average Bonchev–Trinajstić information content (AvgIpc) is 2.62. The molecule has 0 nitrogen and oxygen atoms in total. The van der Waals surface area contributed by atoms with Gasteiger partial charge < -0.3 is 0 Å². The number of aryl methyl sites for hydroxylation is 1. The molecule has 3 rings (SSSR count). The fourth-order valence-electron chi connectivity index (χ4n) is 1.64. The van der Waals surface area contributed by atoms with Gasteiger partial charge in [0.1, 0.15) is 0 Å². The lowest BCUT2D eigenvalue weighted by atomic mass is 10.2. The quantitative estimate of drug-likeness (QED) is 0.615. The molecule has 12 heavy (non-hydrogen) atoms. The lowest BCUT2D eigenvalue weighted by Gasteiger charge is -1.90. The Bertz CT molecular complexity index is 428. The van der Waals surface area contributed by atoms with Crippen molar-refractivity contribution in [2.45, 2.75) is 11.3 Å². The number of hydrogen-bond donors (Lipinski definition) is 0. The van der Waals surface area contributed by atoms with E-state index in [0.29, 0.717) is 0 Å². The molecule has 0 aliphatic carbocycles. The van der Waals surface area contributed by atoms with Crippen LogP contribution < -0.4 is 0 Å². The summed E-state index contributed by atoms with van der Waals surface area (Å²) in [5.74, 6) is 1.28. The van der Waals surface area contributed by atoms with Gasteiger partial charge >= 0.3 is 0 Å². The molecule has 1 aliphatic heterocycles. The van der Waals surface area contributed by atoms with Crippen LogP contribution in [0.4, 0.5) is 0 Å². The maximum Gasteiger partial charge on any atom is 0.0357 e. The molecule has 2 aromatic rings. The molecule has 1 aromatic heterocycles. The highest BCUT2D eigenvalue weighted by Gasteiger charge is 2.16. The van der Waals surface area contributed by atoms with Gasteiger partial charge in [0.05, 0.1) is 0 Å². The Kier molecular flexibility index (Phi) is 1.46. The number of benzene rings is 1. The molecule has 0 saturated heterocycles. The minimum absolute atomic E-state index is 1.28. The zero-order valence-electron chi connectivity index (χ0n) is 6.54. The summed E-state index contributed by atoms with van der Waals surface area (Å²) in [5, 5.41) is 1.47. The maximum absolute atomic E-state index is 2.24. The van der Waals surface area contributed by atoms with Gasteiger partial charge in [-0.15, -0.1) is 23.1 Å². The van der Waals surface area contributed by atoms with Crippen LogP contribution >= 0.6 is 23.1 Å². The maximum atomic E-state index is 2.24. The summed E-state index contributed by atoms with van der Waals surface area (Å²) >= 11 is 3.98. The summed E-state index contributed by atoms with van der Waals surface area (Å²) in [5.41, 5.74) is 0. The van der Waals surface area contributed by atoms with Crippen molar-refractivity contribution in [2.75, 3.05) is 5.75 Å². The summed E-state index contributed by atoms with van der Waals surface area (Å²) in [7, 11) is 0. The Labute approximate surface area is 79.6 Å². The molecule has 0 atom stereocenters. The van der Waals surface area contributed by atoms with E-state index in [0.717, 1.165) is 0 Å². The van der Waals surface area contributed by atoms with E-state index in [-0.39, 0.29) is 0 Å². The summed E-state index contributed by atoms with van der Waals surface area (Å²) in [6.07, 6.45) is 1.28. The largest absolute Gasteiger partial charge is 0.139 e. The molecule has 0 bridgehead atoms. The van der Waals surface area contributed by atoms with Crippen LogP contribution in [0.5, 0.6) is 0 Å². The second-order valence-corrected chi connectivity index (χ2v) is 5.19. The van der Waals surface area contributed by atoms with Crippen molar-refractivity contribution >= 4 is 33.2 Å². The van der Waals surface area contributed by atoms with Crippen molar-refractivity contribution < 1.29 is 0 Å². The van der Waals surface area contributed by atoms with E-state index in [4.69, 9.17) is 0 Å². The standard InChI is InChI=1S/C10H8S2/c1-2-4-8-7(3-1)10-9(12-8)5-6-11-10/h1-4H,5-6H2. The van der Waals surface area contributed by atoms with Crippen molar-refractivity contribution in [2.24, 2.45) is 0 Å². The van der Waals surface area contributed by atoms with Gasteiger partial charge in [-0.25, -0.2) is 0 Å². The third-order valence-electron chi connectivity index (χ3n) is 2.19. The van der Waals surface area contributed by atoms with Crippen LogP contribution in [0, 0.1) is 0 Å². The van der Waals surface area contributed by atoms with Gasteiger partial charge in [-0.3, -0.25) is 0 Å². The third-order valence-corrected chi connectivity index (χ3v) is 4.72. The van der Waals surface area contributed by atoms with Gasteiger partial charge in [0.25, 0.3) is 0 Å². The monoisotopic (exact) mass is 192 g/mol. The lowest BCUT2D eigenvalue weighted by molar-refractivity contribution is 1.21. The molecule has 2 heteroatoms. The first-order chi connectivity index (χ1) is 5.95. The predicted molar refractivity (Wildman–Crippen MR) is 56.3 cm³/mol. The third kappa shape index (κ3) is 0.852. The minimum atomic E-state index is 1.28. The number of thioether (sulfide) groups is 1. The van der Waals surface area contributed by atoms with E-state index in [9.17, 15) is 0 Å². The molecule has 1 aliphatic rings. The van der Waals surface area contributed by atoms with Crippen LogP contribution in [0.2, 0.25) is 0 Å². The van der Waals surface area contributed by atoms with Gasteiger partial charge in [-0.1, -0.05) is 18.2 Å². The molecule has 0 radical (unpaired) electrons. The molecular formula is C10H8S2. The van der Waals surface area contributed by atoms with E-state index < -0.39 is 0 Å². The van der Waals surface area contributed by atoms with Crippen LogP contribution in [0.1, 0.15) is 4.88 Å². The topological polar surface area (TPSA) is 0 Å². The zero-order chi connectivity index (χ0) is 7.97. The summed E-state index contributed by atoms with van der Waals surface area (Å²) < 4.78 is 1.45. The van der Waals surface area contributed by atoms with Crippen LogP contribution in [0.3, 0.4) is 0 Å². The SMILES string of the molecule is c1ccc2c3c(sc2c1)CCS3. The molecular weight excluding hydrogens is 184 g/mol. The molecule has 0 N–H and O–H groups in total. The number of thiophene rings is 1. The summed E-state index contributed by atoms with van der Waals surface area (Å²) in [6, 6.07) is 8.72. The molecule has 60 valence electrons. The van der Waals surface area contributed by atoms with Gasteiger partial charge in [0.2, 0.25) is 0 Å². The smallest absolute Gasteiger partial charge is 0.0357 e. The van der Waals surface area contributed by atoms with Crippen LogP contribution in [0.25, 0.3) is 10.1 Å². The molecule has 1 aromatic carbocycles. The van der Waals surface area contributed by atoms with Crippen molar-refractivity contribution in [3.05, 3.63) is 29.1 Å². The summed E-state index contributed by atoms with van der Waals surface area (Å²) in [6.45, 7) is 0. The van der Waals surface area contributed by atoms with Crippen molar-refractivity contribution in [1.29, 1.82) is 0 Å². The fraction of sp³-hybridized carbons (Fsp3) is 0.200. The zero-order valence-corrected chi connectivity index (χ0v) is 8.17. The van der Waals surface area contributed by atoms with E-state index in [2.05, 4.69) is 24.3 Å². The highest BCUT2D eigenvalue weighted by molar-refractivity contribution is 8.00. The first kappa shape index (κ1) is 6.98. The molecule has 0 unspecified atom stereocenters. The van der Waals surface area contributed by atoms with E-state index in [1.807, 2.05) is 23.1 Å². The molecule has 0 amide bonds. The Morgan fingerprint density at radius 2 is 2.08 bits per heavy atom. The van der Waals surface area contributed by atoms with Crippen molar-refractivity contribution in [3.8, 4) is 0 Å². The van der Waals surface area contributed by atoms with Crippen molar-refractivity contribution in [1.82, 2.24) is 0 Å². The van der Waals surface area contributed by atoms with Gasteiger partial charge in [-0.2, -0.15) is 0 Å². The lowest BCUT2D eigenvalue weighted by Crippen LogP contribution is -1.69. The van der Waals surface area contributed by atoms with E-state index in [1.165, 1.54) is 22.3 Å². The number of rotatable bonds is 0. The first-order valence-electron chi connectivity index (χ1n) is 4.08. The van der Waals surface area contributed by atoms with Gasteiger partial charge in [0.15, 0.2) is 0 Å². The minimum Gasteiger partial charge on any atom is -0.139 e. The van der Waals surface area contributed by atoms with Crippen LogP contribution in [-0.2, 0) is 6.42 Å². The molecule has 0 fully saturated rings. The van der Waals surface area contributed by atoms with Crippen LogP contribution in [0.15, 0.2) is 29.2 Å². The second-order valence-electron chi connectivity index (χ2n) is 2.95. The predicted octanol–water partition coefficient (Wildman–Crippen LogP) is 3.55. The first-order valence-corrected chi connectivity index (χ1v) is 5.88. The van der Waals surface area contributed by atoms with Crippen LogP contribution in [-0.4, -0.2) is 5.75 Å². The van der Waals surface area contributed by atoms with E-state index in [1.54, 1.807) is 9.77 Å². The van der Waals surface area contributed by atoms with Gasteiger partial charge in [-0.05, 0) is 12.5 Å². The fourth-order valence-corrected chi connectivity index (χ4v) is 4.34. The molecule has 0 spiro atoms. The second kappa shape index (κ2) is 2.51. The van der Waals surface area contributed by atoms with Gasteiger partial charge in [0, 0.05) is 25.6 Å². The van der Waals surface area contributed by atoms with E-state index >= 15 is 0 Å². The Morgan fingerprint density at radius 3 is 3.08 bits per heavy atom. The molecule has 2 heterocycles. The Balaban J connectivity index is 2.44.